The van der Waals surface area contributed by atoms with Crippen molar-refractivity contribution in [2.24, 2.45) is 0 Å². The second-order valence-corrected chi connectivity index (χ2v) is 6.87. The molecule has 0 bridgehead atoms. The zero-order chi connectivity index (χ0) is 17.0. The second-order valence-electron chi connectivity index (χ2n) is 6.48. The van der Waals surface area contributed by atoms with Crippen LogP contribution >= 0.6 is 12.2 Å². The highest BCUT2D eigenvalue weighted by Gasteiger charge is 2.27. The Morgan fingerprint density at radius 3 is 2.04 bits per heavy atom. The first kappa shape index (κ1) is 17.2. The van der Waals surface area contributed by atoms with Crippen molar-refractivity contribution in [2.45, 2.75) is 33.2 Å². The molecule has 0 aromatic heterocycles. The highest BCUT2D eigenvalue weighted by Crippen LogP contribution is 2.17. The molecule has 0 heterocycles. The summed E-state index contributed by atoms with van der Waals surface area (Å²) < 4.78 is 0. The number of nitrogens with zero attached hydrogens (tertiary/aromatic N) is 1. The van der Waals surface area contributed by atoms with Gasteiger partial charge >= 0.3 is 0 Å². The summed E-state index contributed by atoms with van der Waals surface area (Å²) in [4.78, 5) is 13.1. The van der Waals surface area contributed by atoms with E-state index in [1.165, 1.54) is 5.56 Å². The fourth-order valence-electron chi connectivity index (χ4n) is 2.10. The average molecular weight is 326 g/mol. The average Bonchev–Trinajstić information content (AvgIpc) is 2.52. The lowest BCUT2D eigenvalue weighted by molar-refractivity contribution is 0.0780. The van der Waals surface area contributed by atoms with Gasteiger partial charge in [-0.1, -0.05) is 60.2 Å². The molecular formula is C19H22N2OS. The predicted octanol–water partition coefficient (Wildman–Crippen LogP) is 4.12. The minimum absolute atomic E-state index is 0.171. The van der Waals surface area contributed by atoms with Crippen molar-refractivity contribution in [2.75, 3.05) is 0 Å². The molecule has 0 aliphatic carbocycles. The molecule has 2 aromatic rings. The van der Waals surface area contributed by atoms with E-state index in [0.29, 0.717) is 10.6 Å². The number of nitrogens with one attached hydrogen (secondary N) is 1. The lowest BCUT2D eigenvalue weighted by Gasteiger charge is -2.37. The zero-order valence-electron chi connectivity index (χ0n) is 14.0. The van der Waals surface area contributed by atoms with E-state index in [1.807, 2.05) is 70.2 Å². The minimum Gasteiger partial charge on any atom is -0.269 e. The fraction of sp³-hybridized carbons (Fsp3) is 0.263. The molecule has 0 aliphatic heterocycles. The van der Waals surface area contributed by atoms with E-state index in [2.05, 4.69) is 5.43 Å². The van der Waals surface area contributed by atoms with Gasteiger partial charge in [-0.15, -0.1) is 0 Å². The van der Waals surface area contributed by atoms with Crippen LogP contribution < -0.4 is 5.43 Å². The smallest absolute Gasteiger partial charge is 0.269 e. The highest BCUT2D eigenvalue weighted by molar-refractivity contribution is 7.80. The molecule has 0 saturated carbocycles. The van der Waals surface area contributed by atoms with Gasteiger partial charge < -0.3 is 0 Å². The molecule has 3 nitrogen and oxygen atoms in total. The Kier molecular flexibility index (Phi) is 5.16. The van der Waals surface area contributed by atoms with Crippen LogP contribution in [0.1, 0.15) is 42.3 Å². The number of benzene rings is 2. The number of hydrazine groups is 1. The largest absolute Gasteiger partial charge is 0.269 e. The zero-order valence-corrected chi connectivity index (χ0v) is 14.8. The van der Waals surface area contributed by atoms with E-state index in [9.17, 15) is 4.79 Å². The van der Waals surface area contributed by atoms with Gasteiger partial charge in [-0.05, 0) is 39.8 Å². The molecular weight excluding hydrogens is 304 g/mol. The van der Waals surface area contributed by atoms with Gasteiger partial charge in [0.2, 0.25) is 0 Å². The fourth-order valence-corrected chi connectivity index (χ4v) is 2.56. The van der Waals surface area contributed by atoms with Gasteiger partial charge in [0.1, 0.15) is 4.99 Å². The van der Waals surface area contributed by atoms with Crippen LogP contribution in [0.5, 0.6) is 0 Å². The van der Waals surface area contributed by atoms with Crippen molar-refractivity contribution in [1.29, 1.82) is 0 Å². The quantitative estimate of drug-likeness (QED) is 0.666. The first-order valence-corrected chi connectivity index (χ1v) is 7.97. The summed E-state index contributed by atoms with van der Waals surface area (Å²) in [7, 11) is 0. The van der Waals surface area contributed by atoms with Gasteiger partial charge in [-0.3, -0.25) is 15.2 Å². The Morgan fingerprint density at radius 1 is 0.957 bits per heavy atom. The summed E-state index contributed by atoms with van der Waals surface area (Å²) in [6, 6.07) is 17.1. The molecule has 4 heteroatoms. The number of thiocarbonyl (C=S) groups is 1. The maximum Gasteiger partial charge on any atom is 0.269 e. The van der Waals surface area contributed by atoms with E-state index in [-0.39, 0.29) is 11.4 Å². The van der Waals surface area contributed by atoms with Gasteiger partial charge in [0.05, 0.1) is 5.54 Å². The second kappa shape index (κ2) is 6.92. The lowest BCUT2D eigenvalue weighted by atomic mass is 10.1. The summed E-state index contributed by atoms with van der Waals surface area (Å²) >= 11 is 5.61. The van der Waals surface area contributed by atoms with E-state index in [1.54, 1.807) is 17.1 Å². The minimum atomic E-state index is -0.341. The molecule has 0 unspecified atom stereocenters. The Bertz CT molecular complexity index is 688. The van der Waals surface area contributed by atoms with Crippen molar-refractivity contribution in [1.82, 2.24) is 10.4 Å². The van der Waals surface area contributed by atoms with Gasteiger partial charge in [-0.2, -0.15) is 0 Å². The maximum atomic E-state index is 12.5. The van der Waals surface area contributed by atoms with Gasteiger partial charge in [0.15, 0.2) is 0 Å². The molecule has 0 radical (unpaired) electrons. The van der Waals surface area contributed by atoms with E-state index in [0.717, 1.165) is 5.56 Å². The number of aryl methyl sites for hydroxylation is 1. The summed E-state index contributed by atoms with van der Waals surface area (Å²) in [5.41, 5.74) is 5.29. The van der Waals surface area contributed by atoms with E-state index < -0.39 is 0 Å². The summed E-state index contributed by atoms with van der Waals surface area (Å²) in [5, 5.41) is 1.75. The molecule has 0 spiro atoms. The van der Waals surface area contributed by atoms with Crippen LogP contribution in [0.2, 0.25) is 0 Å². The third-order valence-corrected chi connectivity index (χ3v) is 3.84. The molecule has 0 fully saturated rings. The summed E-state index contributed by atoms with van der Waals surface area (Å²) in [6.07, 6.45) is 0. The number of hydrogen-bond acceptors (Lipinski definition) is 2. The first-order chi connectivity index (χ1) is 10.8. The third kappa shape index (κ3) is 4.39. The number of amides is 1. The highest BCUT2D eigenvalue weighted by atomic mass is 32.1. The van der Waals surface area contributed by atoms with E-state index in [4.69, 9.17) is 12.2 Å². The Labute approximate surface area is 143 Å². The van der Waals surface area contributed by atoms with Crippen LogP contribution in [0, 0.1) is 6.92 Å². The normalized spacial score (nSPS) is 11.0. The number of carbonyl (C=O) groups excluding carboxylic acids is 1. The van der Waals surface area contributed by atoms with Gasteiger partial charge in [0, 0.05) is 11.1 Å². The molecule has 23 heavy (non-hydrogen) atoms. The van der Waals surface area contributed by atoms with Crippen LogP contribution in [0.25, 0.3) is 0 Å². The van der Waals surface area contributed by atoms with Crippen molar-refractivity contribution < 1.29 is 4.79 Å². The molecule has 1 N–H and O–H groups in total. The van der Waals surface area contributed by atoms with Crippen LogP contribution in [0.15, 0.2) is 54.6 Å². The van der Waals surface area contributed by atoms with Crippen LogP contribution in [-0.2, 0) is 0 Å². The predicted molar refractivity (Wildman–Crippen MR) is 98.4 cm³/mol. The maximum absolute atomic E-state index is 12.5. The third-order valence-electron chi connectivity index (χ3n) is 3.42. The standard InChI is InChI=1S/C19H22N2OS/c1-14-10-12-16(13-11-14)18(23)21(19(2,3)4)20-17(22)15-8-6-5-7-9-15/h5-13H,1-4H3,(H,20,22). The van der Waals surface area contributed by atoms with Crippen LogP contribution in [-0.4, -0.2) is 21.4 Å². The van der Waals surface area contributed by atoms with Gasteiger partial charge in [0.25, 0.3) is 5.91 Å². The van der Waals surface area contributed by atoms with Crippen molar-refractivity contribution in [3.05, 3.63) is 71.3 Å². The Balaban J connectivity index is 2.26. The number of carbonyl (C=O) groups is 1. The SMILES string of the molecule is Cc1ccc(C(=S)N(NC(=O)c2ccccc2)C(C)(C)C)cc1. The van der Waals surface area contributed by atoms with Crippen molar-refractivity contribution in [3.63, 3.8) is 0 Å². The lowest BCUT2D eigenvalue weighted by Crippen LogP contribution is -2.55. The molecule has 0 saturated heterocycles. The van der Waals surface area contributed by atoms with Crippen molar-refractivity contribution >= 4 is 23.1 Å². The number of hydrogen-bond donors (Lipinski definition) is 1. The molecule has 120 valence electrons. The number of rotatable bonds is 2. The Hall–Kier alpha value is -2.20. The molecule has 2 rings (SSSR count). The monoisotopic (exact) mass is 326 g/mol. The van der Waals surface area contributed by atoms with Gasteiger partial charge in [-0.25, -0.2) is 0 Å². The van der Waals surface area contributed by atoms with E-state index >= 15 is 0 Å². The first-order valence-electron chi connectivity index (χ1n) is 7.56. The molecule has 1 amide bonds. The molecule has 0 atom stereocenters. The van der Waals surface area contributed by atoms with Crippen molar-refractivity contribution in [3.8, 4) is 0 Å². The Morgan fingerprint density at radius 2 is 1.52 bits per heavy atom. The molecule has 2 aromatic carbocycles. The summed E-state index contributed by atoms with van der Waals surface area (Å²) in [5.74, 6) is -0.171. The topological polar surface area (TPSA) is 32.3 Å². The van der Waals surface area contributed by atoms with Crippen LogP contribution in [0.3, 0.4) is 0 Å². The summed E-state index contributed by atoms with van der Waals surface area (Å²) in [6.45, 7) is 8.07. The molecule has 0 aliphatic rings. The van der Waals surface area contributed by atoms with Crippen LogP contribution in [0.4, 0.5) is 0 Å².